The van der Waals surface area contributed by atoms with Gasteiger partial charge in [-0.05, 0) is 43.7 Å². The number of benzene rings is 2. The molecule has 2 aromatic rings. The number of aryl methyl sites for hydroxylation is 1. The first-order valence-electron chi connectivity index (χ1n) is 5.85. The maximum Gasteiger partial charge on any atom is 0.255 e. The monoisotopic (exact) mass is 259 g/mol. The fraction of sp³-hybridized carbons (Fsp3) is 0.133. The standard InChI is InChI=1S/C15H14FNO2/c1-9-6-7-11(8-14(9)18)15(19)17-13-5-3-4-12(16)10(13)2/h3-8,18H,1-2H3,(H,17,19). The quantitative estimate of drug-likeness (QED) is 0.868. The van der Waals surface area contributed by atoms with Crippen molar-refractivity contribution >= 4 is 11.6 Å². The van der Waals surface area contributed by atoms with Gasteiger partial charge >= 0.3 is 0 Å². The van der Waals surface area contributed by atoms with Crippen LogP contribution in [0.15, 0.2) is 36.4 Å². The molecule has 0 radical (unpaired) electrons. The van der Waals surface area contributed by atoms with Crippen molar-refractivity contribution in [1.82, 2.24) is 0 Å². The summed E-state index contributed by atoms with van der Waals surface area (Å²) in [5, 5.41) is 12.2. The molecular weight excluding hydrogens is 245 g/mol. The summed E-state index contributed by atoms with van der Waals surface area (Å²) < 4.78 is 13.4. The summed E-state index contributed by atoms with van der Waals surface area (Å²) in [4.78, 5) is 12.0. The van der Waals surface area contributed by atoms with Crippen LogP contribution in [0.1, 0.15) is 21.5 Å². The van der Waals surface area contributed by atoms with Crippen LogP contribution in [0.5, 0.6) is 5.75 Å². The maximum atomic E-state index is 13.4. The van der Waals surface area contributed by atoms with Crippen molar-refractivity contribution in [1.29, 1.82) is 0 Å². The van der Waals surface area contributed by atoms with Crippen LogP contribution in [-0.2, 0) is 0 Å². The molecule has 0 aliphatic rings. The summed E-state index contributed by atoms with van der Waals surface area (Å²) >= 11 is 0. The van der Waals surface area contributed by atoms with E-state index in [2.05, 4.69) is 5.32 Å². The molecule has 0 fully saturated rings. The second-order valence-electron chi connectivity index (χ2n) is 4.37. The summed E-state index contributed by atoms with van der Waals surface area (Å²) in [5.41, 5.74) is 1.82. The molecule has 0 aliphatic heterocycles. The number of hydrogen-bond donors (Lipinski definition) is 2. The topological polar surface area (TPSA) is 49.3 Å². The SMILES string of the molecule is Cc1ccc(C(=O)Nc2cccc(F)c2C)cc1O. The Morgan fingerprint density at radius 1 is 1.21 bits per heavy atom. The number of amides is 1. The first-order valence-corrected chi connectivity index (χ1v) is 5.85. The van der Waals surface area contributed by atoms with Crippen molar-refractivity contribution in [2.45, 2.75) is 13.8 Å². The molecule has 2 aromatic carbocycles. The highest BCUT2D eigenvalue weighted by Gasteiger charge is 2.10. The lowest BCUT2D eigenvalue weighted by molar-refractivity contribution is 0.102. The average molecular weight is 259 g/mol. The minimum Gasteiger partial charge on any atom is -0.508 e. The Kier molecular flexibility index (Phi) is 3.51. The van der Waals surface area contributed by atoms with E-state index < -0.39 is 0 Å². The zero-order valence-corrected chi connectivity index (χ0v) is 10.7. The van der Waals surface area contributed by atoms with E-state index in [1.807, 2.05) is 0 Å². The molecule has 0 saturated heterocycles. The number of nitrogens with one attached hydrogen (secondary N) is 1. The lowest BCUT2D eigenvalue weighted by atomic mass is 10.1. The summed E-state index contributed by atoms with van der Waals surface area (Å²) in [6, 6.07) is 9.15. The van der Waals surface area contributed by atoms with E-state index in [-0.39, 0.29) is 17.5 Å². The minimum atomic E-state index is -0.385. The van der Waals surface area contributed by atoms with Crippen molar-refractivity contribution in [3.8, 4) is 5.75 Å². The maximum absolute atomic E-state index is 13.4. The second-order valence-corrected chi connectivity index (χ2v) is 4.37. The first kappa shape index (κ1) is 13.1. The van der Waals surface area contributed by atoms with Crippen molar-refractivity contribution in [2.24, 2.45) is 0 Å². The molecule has 3 nitrogen and oxygen atoms in total. The van der Waals surface area contributed by atoms with Gasteiger partial charge in [0.25, 0.3) is 5.91 Å². The van der Waals surface area contributed by atoms with Crippen molar-refractivity contribution < 1.29 is 14.3 Å². The van der Waals surface area contributed by atoms with Gasteiger partial charge in [0.15, 0.2) is 0 Å². The molecule has 2 rings (SSSR count). The van der Waals surface area contributed by atoms with Crippen LogP contribution in [0.3, 0.4) is 0 Å². The Hall–Kier alpha value is -2.36. The molecule has 0 spiro atoms. The molecule has 0 unspecified atom stereocenters. The van der Waals surface area contributed by atoms with Gasteiger partial charge in [0, 0.05) is 16.8 Å². The van der Waals surface area contributed by atoms with Gasteiger partial charge in [0.2, 0.25) is 0 Å². The molecule has 0 bridgehead atoms. The Bertz CT molecular complexity index is 638. The van der Waals surface area contributed by atoms with Crippen LogP contribution in [-0.4, -0.2) is 11.0 Å². The number of phenolic OH excluding ortho intramolecular Hbond substituents is 1. The van der Waals surface area contributed by atoms with E-state index >= 15 is 0 Å². The molecule has 2 N–H and O–H groups in total. The molecule has 98 valence electrons. The first-order chi connectivity index (χ1) is 8.99. The predicted molar refractivity (Wildman–Crippen MR) is 71.9 cm³/mol. The number of aromatic hydroxyl groups is 1. The Morgan fingerprint density at radius 3 is 2.63 bits per heavy atom. The molecule has 0 saturated carbocycles. The largest absolute Gasteiger partial charge is 0.508 e. The third kappa shape index (κ3) is 2.73. The Labute approximate surface area is 110 Å². The highest BCUT2D eigenvalue weighted by atomic mass is 19.1. The van der Waals surface area contributed by atoms with E-state index in [1.54, 1.807) is 32.0 Å². The van der Waals surface area contributed by atoms with E-state index in [9.17, 15) is 14.3 Å². The molecule has 4 heteroatoms. The summed E-state index contributed by atoms with van der Waals surface area (Å²) in [6.07, 6.45) is 0. The van der Waals surface area contributed by atoms with E-state index in [4.69, 9.17) is 0 Å². The molecule has 0 atom stereocenters. The summed E-state index contributed by atoms with van der Waals surface area (Å²) in [7, 11) is 0. The third-order valence-electron chi connectivity index (χ3n) is 2.99. The van der Waals surface area contributed by atoms with Crippen LogP contribution in [0.4, 0.5) is 10.1 Å². The predicted octanol–water partition coefficient (Wildman–Crippen LogP) is 3.40. The number of carbonyl (C=O) groups is 1. The molecule has 1 amide bonds. The molecule has 19 heavy (non-hydrogen) atoms. The normalized spacial score (nSPS) is 10.3. The Balaban J connectivity index is 2.26. The molecular formula is C15H14FNO2. The van der Waals surface area contributed by atoms with E-state index in [0.29, 0.717) is 22.4 Å². The van der Waals surface area contributed by atoms with Crippen molar-refractivity contribution in [3.63, 3.8) is 0 Å². The summed E-state index contributed by atoms with van der Waals surface area (Å²) in [6.45, 7) is 3.34. The van der Waals surface area contributed by atoms with Gasteiger partial charge in [-0.2, -0.15) is 0 Å². The van der Waals surface area contributed by atoms with Crippen LogP contribution in [0.25, 0.3) is 0 Å². The van der Waals surface area contributed by atoms with Gasteiger partial charge in [-0.1, -0.05) is 12.1 Å². The van der Waals surface area contributed by atoms with Gasteiger partial charge in [0.05, 0.1) is 0 Å². The number of rotatable bonds is 2. The van der Waals surface area contributed by atoms with Crippen LogP contribution >= 0.6 is 0 Å². The number of anilines is 1. The highest BCUT2D eigenvalue weighted by molar-refractivity contribution is 6.04. The lowest BCUT2D eigenvalue weighted by Crippen LogP contribution is -2.13. The second kappa shape index (κ2) is 5.10. The van der Waals surface area contributed by atoms with E-state index in [1.165, 1.54) is 18.2 Å². The fourth-order valence-electron chi connectivity index (χ4n) is 1.69. The number of carbonyl (C=O) groups excluding carboxylic acids is 1. The number of phenols is 1. The fourth-order valence-corrected chi connectivity index (χ4v) is 1.69. The zero-order chi connectivity index (χ0) is 14.0. The number of halogens is 1. The van der Waals surface area contributed by atoms with Crippen LogP contribution in [0.2, 0.25) is 0 Å². The van der Waals surface area contributed by atoms with E-state index in [0.717, 1.165) is 0 Å². The summed E-state index contributed by atoms with van der Waals surface area (Å²) in [5.74, 6) is -0.697. The van der Waals surface area contributed by atoms with Crippen LogP contribution < -0.4 is 5.32 Å². The van der Waals surface area contributed by atoms with Crippen LogP contribution in [0, 0.1) is 19.7 Å². The molecule has 0 aromatic heterocycles. The zero-order valence-electron chi connectivity index (χ0n) is 10.7. The highest BCUT2D eigenvalue weighted by Crippen LogP contribution is 2.21. The van der Waals surface area contributed by atoms with Crippen molar-refractivity contribution in [3.05, 3.63) is 58.9 Å². The van der Waals surface area contributed by atoms with Gasteiger partial charge in [0.1, 0.15) is 11.6 Å². The smallest absolute Gasteiger partial charge is 0.255 e. The number of hydrogen-bond acceptors (Lipinski definition) is 2. The average Bonchev–Trinajstić information content (AvgIpc) is 2.38. The van der Waals surface area contributed by atoms with Gasteiger partial charge in [-0.3, -0.25) is 4.79 Å². The Morgan fingerprint density at radius 2 is 1.95 bits per heavy atom. The van der Waals surface area contributed by atoms with Crippen molar-refractivity contribution in [2.75, 3.05) is 5.32 Å². The molecule has 0 heterocycles. The van der Waals surface area contributed by atoms with Gasteiger partial charge < -0.3 is 10.4 Å². The van der Waals surface area contributed by atoms with Gasteiger partial charge in [-0.15, -0.1) is 0 Å². The van der Waals surface area contributed by atoms with Gasteiger partial charge in [-0.25, -0.2) is 4.39 Å². The molecule has 0 aliphatic carbocycles. The minimum absolute atomic E-state index is 0.0589. The third-order valence-corrected chi connectivity index (χ3v) is 2.99. The lowest BCUT2D eigenvalue weighted by Gasteiger charge is -2.09.